The maximum Gasteiger partial charge on any atom is 0.410 e. The average molecular weight is 596 g/mol. The van der Waals surface area contributed by atoms with Gasteiger partial charge < -0.3 is 28.6 Å². The summed E-state index contributed by atoms with van der Waals surface area (Å²) in [5, 5.41) is 0.535. The van der Waals surface area contributed by atoms with Crippen LogP contribution in [0.25, 0.3) is 0 Å². The molecule has 2 atom stereocenters. The molecule has 226 valence electrons. The van der Waals surface area contributed by atoms with Crippen molar-refractivity contribution >= 4 is 17.7 Å². The average Bonchev–Trinajstić information content (AvgIpc) is 2.98. The molecule has 0 bridgehead atoms. The molecule has 0 spiro atoms. The quantitative estimate of drug-likeness (QED) is 0.200. The van der Waals surface area contributed by atoms with Crippen LogP contribution in [0, 0.1) is 0 Å². The van der Waals surface area contributed by atoms with Crippen LogP contribution in [-0.2, 0) is 27.4 Å². The zero-order valence-corrected chi connectivity index (χ0v) is 25.8. The van der Waals surface area contributed by atoms with Gasteiger partial charge in [0.2, 0.25) is 0 Å². The summed E-state index contributed by atoms with van der Waals surface area (Å²) in [5.74, 6) is 1.55. The van der Waals surface area contributed by atoms with E-state index in [2.05, 4.69) is 24.3 Å². The van der Waals surface area contributed by atoms with E-state index in [1.807, 2.05) is 69.3 Å². The fourth-order valence-corrected chi connectivity index (χ4v) is 5.17. The SMILES string of the molecule is COc1ccc(COC2CN(C(=O)OC(C)(C)C)CCC2c2ccc(OCCCOCc3ccccc3)cc2)cc1Cl. The molecule has 7 nitrogen and oxygen atoms in total. The Morgan fingerprint density at radius 3 is 2.40 bits per heavy atom. The first-order valence-corrected chi connectivity index (χ1v) is 14.9. The minimum atomic E-state index is -0.562. The Morgan fingerprint density at radius 1 is 0.952 bits per heavy atom. The maximum absolute atomic E-state index is 12.9. The number of hydrogen-bond acceptors (Lipinski definition) is 6. The van der Waals surface area contributed by atoms with Crippen molar-refractivity contribution in [1.82, 2.24) is 4.90 Å². The molecule has 3 aromatic carbocycles. The Bertz CT molecular complexity index is 1260. The van der Waals surface area contributed by atoms with Crippen molar-refractivity contribution in [3.05, 3.63) is 94.5 Å². The third kappa shape index (κ3) is 9.65. The van der Waals surface area contributed by atoms with Gasteiger partial charge in [-0.1, -0.05) is 60.1 Å². The molecule has 1 amide bonds. The van der Waals surface area contributed by atoms with Crippen molar-refractivity contribution < 1.29 is 28.5 Å². The van der Waals surface area contributed by atoms with E-state index in [1.54, 1.807) is 12.0 Å². The Kier molecular flexibility index (Phi) is 11.5. The predicted octanol–water partition coefficient (Wildman–Crippen LogP) is 7.64. The van der Waals surface area contributed by atoms with E-state index in [9.17, 15) is 4.79 Å². The number of likely N-dealkylation sites (tertiary alicyclic amines) is 1. The number of ether oxygens (including phenoxy) is 5. The fraction of sp³-hybridized carbons (Fsp3) is 0.441. The molecule has 1 fully saturated rings. The van der Waals surface area contributed by atoms with Gasteiger partial charge >= 0.3 is 6.09 Å². The van der Waals surface area contributed by atoms with Crippen LogP contribution in [0.2, 0.25) is 5.02 Å². The summed E-state index contributed by atoms with van der Waals surface area (Å²) in [7, 11) is 1.59. The summed E-state index contributed by atoms with van der Waals surface area (Å²) in [5.41, 5.74) is 2.69. The van der Waals surface area contributed by atoms with Crippen LogP contribution in [0.5, 0.6) is 11.5 Å². The minimum absolute atomic E-state index is 0.109. The molecule has 0 N–H and O–H groups in total. The number of carbonyl (C=O) groups excluding carboxylic acids is 1. The molecule has 8 heteroatoms. The first kappa shape index (κ1) is 31.7. The van der Waals surface area contributed by atoms with Crippen LogP contribution in [0.1, 0.15) is 56.2 Å². The molecule has 0 saturated carbocycles. The second-order valence-corrected chi connectivity index (χ2v) is 11.9. The van der Waals surface area contributed by atoms with Gasteiger partial charge in [-0.2, -0.15) is 0 Å². The highest BCUT2D eigenvalue weighted by molar-refractivity contribution is 6.32. The number of methoxy groups -OCH3 is 1. The third-order valence-electron chi connectivity index (χ3n) is 7.01. The van der Waals surface area contributed by atoms with Crippen LogP contribution in [-0.4, -0.2) is 56.1 Å². The van der Waals surface area contributed by atoms with Gasteiger partial charge in [-0.3, -0.25) is 0 Å². The van der Waals surface area contributed by atoms with Crippen LogP contribution in [0.4, 0.5) is 4.79 Å². The highest BCUT2D eigenvalue weighted by Gasteiger charge is 2.35. The lowest BCUT2D eigenvalue weighted by Gasteiger charge is -2.39. The van der Waals surface area contributed by atoms with Crippen molar-refractivity contribution in [1.29, 1.82) is 0 Å². The van der Waals surface area contributed by atoms with E-state index in [1.165, 1.54) is 5.56 Å². The highest BCUT2D eigenvalue weighted by Crippen LogP contribution is 2.33. The summed E-state index contributed by atoms with van der Waals surface area (Å²) in [6.45, 7) is 8.85. The standard InChI is InChI=1S/C34H42ClNO6/c1-34(2,3)42-33(37)36-18-17-29(32(22-36)41-24-26-11-16-31(38-4)30(35)21-26)27-12-14-28(15-13-27)40-20-8-19-39-23-25-9-6-5-7-10-25/h5-7,9-16,21,29,32H,8,17-20,22-24H2,1-4H3. The normalized spacial score (nSPS) is 17.1. The van der Waals surface area contributed by atoms with Gasteiger partial charge in [0, 0.05) is 18.9 Å². The molecule has 2 unspecified atom stereocenters. The zero-order valence-electron chi connectivity index (χ0n) is 25.0. The lowest BCUT2D eigenvalue weighted by atomic mass is 9.87. The van der Waals surface area contributed by atoms with E-state index in [0.29, 0.717) is 50.3 Å². The van der Waals surface area contributed by atoms with Crippen molar-refractivity contribution in [2.45, 2.75) is 64.4 Å². The van der Waals surface area contributed by atoms with Crippen LogP contribution in [0.3, 0.4) is 0 Å². The molecule has 1 aliphatic rings. The highest BCUT2D eigenvalue weighted by atomic mass is 35.5. The molecule has 1 heterocycles. The molecule has 1 aliphatic heterocycles. The topological polar surface area (TPSA) is 66.5 Å². The Hall–Kier alpha value is -3.26. The molecule has 0 aromatic heterocycles. The van der Waals surface area contributed by atoms with Crippen LogP contribution < -0.4 is 9.47 Å². The molecule has 0 aliphatic carbocycles. The largest absolute Gasteiger partial charge is 0.495 e. The first-order chi connectivity index (χ1) is 20.2. The van der Waals surface area contributed by atoms with Gasteiger partial charge in [0.15, 0.2) is 0 Å². The van der Waals surface area contributed by atoms with Gasteiger partial charge in [0.25, 0.3) is 0 Å². The third-order valence-corrected chi connectivity index (χ3v) is 7.31. The number of carbonyl (C=O) groups is 1. The van der Waals surface area contributed by atoms with Gasteiger partial charge in [0.05, 0.1) is 51.2 Å². The van der Waals surface area contributed by atoms with Crippen LogP contribution >= 0.6 is 11.6 Å². The van der Waals surface area contributed by atoms with Crippen LogP contribution in [0.15, 0.2) is 72.8 Å². The summed E-state index contributed by atoms with van der Waals surface area (Å²) < 4.78 is 29.1. The predicted molar refractivity (Wildman–Crippen MR) is 164 cm³/mol. The second-order valence-electron chi connectivity index (χ2n) is 11.4. The number of rotatable bonds is 12. The molecule has 3 aromatic rings. The van der Waals surface area contributed by atoms with E-state index in [4.69, 9.17) is 35.3 Å². The number of piperidine rings is 1. The van der Waals surface area contributed by atoms with Crippen molar-refractivity contribution in [3.63, 3.8) is 0 Å². The smallest absolute Gasteiger partial charge is 0.410 e. The molecular formula is C34H42ClNO6. The zero-order chi connectivity index (χ0) is 30.0. The lowest BCUT2D eigenvalue weighted by molar-refractivity contribution is -0.0359. The number of benzene rings is 3. The van der Waals surface area contributed by atoms with Gasteiger partial charge in [-0.15, -0.1) is 0 Å². The van der Waals surface area contributed by atoms with E-state index in [-0.39, 0.29) is 18.1 Å². The van der Waals surface area contributed by atoms with Gasteiger partial charge in [-0.05, 0) is 68.1 Å². The summed E-state index contributed by atoms with van der Waals surface area (Å²) >= 11 is 6.33. The molecule has 42 heavy (non-hydrogen) atoms. The summed E-state index contributed by atoms with van der Waals surface area (Å²) in [6.07, 6.45) is 1.02. The Labute approximate surface area is 254 Å². The number of amides is 1. The molecular weight excluding hydrogens is 554 g/mol. The van der Waals surface area contributed by atoms with Crippen molar-refractivity contribution in [2.24, 2.45) is 0 Å². The minimum Gasteiger partial charge on any atom is -0.495 e. The lowest BCUT2D eigenvalue weighted by Crippen LogP contribution is -2.48. The summed E-state index contributed by atoms with van der Waals surface area (Å²) in [6, 6.07) is 24.0. The number of hydrogen-bond donors (Lipinski definition) is 0. The summed E-state index contributed by atoms with van der Waals surface area (Å²) in [4.78, 5) is 14.6. The monoisotopic (exact) mass is 595 g/mol. The molecule has 4 rings (SSSR count). The second kappa shape index (κ2) is 15.3. The van der Waals surface area contributed by atoms with Gasteiger partial charge in [0.1, 0.15) is 17.1 Å². The van der Waals surface area contributed by atoms with E-state index < -0.39 is 5.60 Å². The number of halogens is 1. The maximum atomic E-state index is 12.9. The number of nitrogens with zero attached hydrogens (tertiary/aromatic N) is 1. The van der Waals surface area contributed by atoms with Crippen molar-refractivity contribution in [2.75, 3.05) is 33.4 Å². The van der Waals surface area contributed by atoms with E-state index in [0.717, 1.165) is 29.7 Å². The Morgan fingerprint density at radius 2 is 1.71 bits per heavy atom. The van der Waals surface area contributed by atoms with Gasteiger partial charge in [-0.25, -0.2) is 4.79 Å². The van der Waals surface area contributed by atoms with E-state index >= 15 is 0 Å². The van der Waals surface area contributed by atoms with Crippen molar-refractivity contribution in [3.8, 4) is 11.5 Å². The molecule has 1 saturated heterocycles. The molecule has 0 radical (unpaired) electrons. The first-order valence-electron chi connectivity index (χ1n) is 14.5. The fourth-order valence-electron chi connectivity index (χ4n) is 4.89. The Balaban J connectivity index is 1.34.